The summed E-state index contributed by atoms with van der Waals surface area (Å²) in [6.45, 7) is 0. The lowest BCUT2D eigenvalue weighted by atomic mass is 9.94. The van der Waals surface area contributed by atoms with E-state index in [2.05, 4.69) is 17.2 Å². The van der Waals surface area contributed by atoms with Crippen molar-refractivity contribution in [1.82, 2.24) is 0 Å². The highest BCUT2D eigenvalue weighted by atomic mass is 16.2. The number of carbonyl (C=O) groups is 2. The molecule has 0 aliphatic carbocycles. The summed E-state index contributed by atoms with van der Waals surface area (Å²) < 4.78 is 0. The van der Waals surface area contributed by atoms with Crippen LogP contribution in [0.2, 0.25) is 0 Å². The van der Waals surface area contributed by atoms with E-state index in [4.69, 9.17) is 0 Å². The number of hydrogen-bond acceptors (Lipinski definition) is 2. The molecule has 0 unspecified atom stereocenters. The molecule has 3 heteroatoms. The fourth-order valence-corrected chi connectivity index (χ4v) is 3.05. The van der Waals surface area contributed by atoms with Gasteiger partial charge in [-0.15, -0.1) is 0 Å². The Morgan fingerprint density at radius 3 is 2.32 bits per heavy atom. The Bertz CT molecular complexity index is 1130. The van der Waals surface area contributed by atoms with Gasteiger partial charge >= 0.3 is 0 Å². The molecule has 0 aromatic heterocycles. The summed E-state index contributed by atoms with van der Waals surface area (Å²) in [6, 6.07) is 24.6. The minimum Gasteiger partial charge on any atom is -0.321 e. The number of amides is 1. The number of fused-ring (bicyclic) bond motifs is 1. The number of hydrogen-bond donors (Lipinski definition) is 1. The Kier molecular flexibility index (Phi) is 4.86. The monoisotopic (exact) mass is 363 g/mol. The van der Waals surface area contributed by atoms with Gasteiger partial charge in [-0.25, -0.2) is 0 Å². The zero-order valence-corrected chi connectivity index (χ0v) is 15.1. The van der Waals surface area contributed by atoms with E-state index in [1.165, 1.54) is 0 Å². The second-order valence-corrected chi connectivity index (χ2v) is 6.48. The van der Waals surface area contributed by atoms with Crippen molar-refractivity contribution in [2.24, 2.45) is 0 Å². The molecule has 3 aromatic rings. The van der Waals surface area contributed by atoms with Gasteiger partial charge in [0.05, 0.1) is 11.3 Å². The molecule has 1 N–H and O–H groups in total. The van der Waals surface area contributed by atoms with Crippen molar-refractivity contribution in [2.75, 3.05) is 5.32 Å². The molecule has 3 aromatic carbocycles. The second-order valence-electron chi connectivity index (χ2n) is 6.48. The van der Waals surface area contributed by atoms with Crippen molar-refractivity contribution in [3.8, 4) is 11.8 Å². The van der Waals surface area contributed by atoms with Crippen molar-refractivity contribution in [3.05, 3.63) is 107 Å². The zero-order chi connectivity index (χ0) is 19.3. The highest BCUT2D eigenvalue weighted by Crippen LogP contribution is 2.27. The van der Waals surface area contributed by atoms with Crippen LogP contribution >= 0.6 is 0 Å². The van der Waals surface area contributed by atoms with Crippen LogP contribution in [-0.4, -0.2) is 11.7 Å². The topological polar surface area (TPSA) is 46.2 Å². The molecule has 3 nitrogen and oxygen atoms in total. The summed E-state index contributed by atoms with van der Waals surface area (Å²) in [5.74, 6) is 5.57. The Labute approximate surface area is 163 Å². The molecule has 1 aliphatic heterocycles. The number of rotatable bonds is 2. The lowest BCUT2D eigenvalue weighted by molar-refractivity contribution is -0.112. The maximum atomic E-state index is 12.9. The fraction of sp³-hybridized carbons (Fsp3) is 0.0400. The predicted octanol–water partition coefficient (Wildman–Crippen LogP) is 4.50. The number of carbonyl (C=O) groups excluding carboxylic acids is 2. The molecule has 4 rings (SSSR count). The Hall–Kier alpha value is -3.90. The third kappa shape index (κ3) is 3.77. The molecule has 0 fully saturated rings. The van der Waals surface area contributed by atoms with Crippen LogP contribution in [0.25, 0.3) is 6.08 Å². The Morgan fingerprint density at radius 1 is 0.857 bits per heavy atom. The maximum absolute atomic E-state index is 12.9. The summed E-state index contributed by atoms with van der Waals surface area (Å²) in [5, 5.41) is 2.79. The van der Waals surface area contributed by atoms with Crippen LogP contribution in [0.3, 0.4) is 0 Å². The van der Waals surface area contributed by atoms with Gasteiger partial charge < -0.3 is 5.32 Å². The van der Waals surface area contributed by atoms with E-state index in [1.54, 1.807) is 18.2 Å². The molecule has 0 radical (unpaired) electrons. The van der Waals surface area contributed by atoms with Gasteiger partial charge in [-0.1, -0.05) is 72.5 Å². The molecule has 0 atom stereocenters. The maximum Gasteiger partial charge on any atom is 0.259 e. The molecule has 0 bridgehead atoms. The van der Waals surface area contributed by atoms with Crippen molar-refractivity contribution in [1.29, 1.82) is 0 Å². The minimum absolute atomic E-state index is 0.132. The molecular formula is C25H17NO2. The van der Waals surface area contributed by atoms with E-state index in [0.717, 1.165) is 16.7 Å². The molecule has 28 heavy (non-hydrogen) atoms. The molecule has 0 spiro atoms. The van der Waals surface area contributed by atoms with E-state index in [1.807, 2.05) is 66.7 Å². The second kappa shape index (κ2) is 7.77. The molecular weight excluding hydrogens is 346 g/mol. The van der Waals surface area contributed by atoms with Crippen LogP contribution in [-0.2, 0) is 11.2 Å². The van der Waals surface area contributed by atoms with Crippen LogP contribution in [0, 0.1) is 11.8 Å². The van der Waals surface area contributed by atoms with Gasteiger partial charge in [-0.3, -0.25) is 9.59 Å². The number of ketones is 1. The van der Waals surface area contributed by atoms with Crippen molar-refractivity contribution < 1.29 is 9.59 Å². The summed E-state index contributed by atoms with van der Waals surface area (Å²) >= 11 is 0. The van der Waals surface area contributed by atoms with Crippen LogP contribution < -0.4 is 5.32 Å². The average Bonchev–Trinajstić information content (AvgIpc) is 2.73. The first kappa shape index (κ1) is 17.5. The summed E-state index contributed by atoms with van der Waals surface area (Å²) in [5.41, 5.74) is 3.82. The lowest BCUT2D eigenvalue weighted by Gasteiger charge is -2.18. The van der Waals surface area contributed by atoms with Crippen LogP contribution in [0.4, 0.5) is 5.69 Å². The smallest absolute Gasteiger partial charge is 0.259 e. The molecule has 134 valence electrons. The minimum atomic E-state index is -0.385. The highest BCUT2D eigenvalue weighted by Gasteiger charge is 2.28. The summed E-state index contributed by atoms with van der Waals surface area (Å²) in [6.07, 6.45) is 2.26. The fourth-order valence-electron chi connectivity index (χ4n) is 3.05. The van der Waals surface area contributed by atoms with Crippen LogP contribution in [0.1, 0.15) is 27.0 Å². The van der Waals surface area contributed by atoms with Gasteiger partial charge in [0.15, 0.2) is 0 Å². The zero-order valence-electron chi connectivity index (χ0n) is 15.1. The van der Waals surface area contributed by atoms with Gasteiger partial charge in [0, 0.05) is 17.5 Å². The average molecular weight is 363 g/mol. The molecule has 0 saturated carbocycles. The van der Waals surface area contributed by atoms with Crippen molar-refractivity contribution in [2.45, 2.75) is 6.42 Å². The van der Waals surface area contributed by atoms with E-state index in [0.29, 0.717) is 17.7 Å². The van der Waals surface area contributed by atoms with Gasteiger partial charge in [0.2, 0.25) is 5.78 Å². The number of Topliss-reactive ketones (excluding diaryl/α,β-unsaturated/α-hetero) is 1. The van der Waals surface area contributed by atoms with E-state index in [9.17, 15) is 9.59 Å². The van der Waals surface area contributed by atoms with Gasteiger partial charge in [-0.05, 0) is 35.4 Å². The molecule has 1 amide bonds. The Balaban J connectivity index is 1.62. The summed E-state index contributed by atoms with van der Waals surface area (Å²) in [4.78, 5) is 25.3. The predicted molar refractivity (Wildman–Crippen MR) is 111 cm³/mol. The number of benzene rings is 3. The lowest BCUT2D eigenvalue weighted by Crippen LogP contribution is -2.27. The SMILES string of the molecule is O=C1Nc2ccc(C#CCc3ccccc3)cc2C(=O)/C1=C/c1ccccc1. The number of anilines is 1. The normalized spacial score (nSPS) is 14.1. The first-order valence-corrected chi connectivity index (χ1v) is 9.00. The first-order valence-electron chi connectivity index (χ1n) is 9.00. The van der Waals surface area contributed by atoms with Crippen LogP contribution in [0.5, 0.6) is 0 Å². The van der Waals surface area contributed by atoms with E-state index < -0.39 is 0 Å². The quantitative estimate of drug-likeness (QED) is 0.414. The van der Waals surface area contributed by atoms with Gasteiger partial charge in [0.25, 0.3) is 5.91 Å². The third-order valence-electron chi connectivity index (χ3n) is 4.48. The van der Waals surface area contributed by atoms with Crippen molar-refractivity contribution >= 4 is 23.5 Å². The largest absolute Gasteiger partial charge is 0.321 e. The van der Waals surface area contributed by atoms with Gasteiger partial charge in [0.1, 0.15) is 0 Å². The molecule has 1 aliphatic rings. The van der Waals surface area contributed by atoms with E-state index in [-0.39, 0.29) is 17.3 Å². The molecule has 1 heterocycles. The Morgan fingerprint density at radius 2 is 1.57 bits per heavy atom. The standard InChI is InChI=1S/C25H17NO2/c27-24-21-16-20(13-7-12-18-8-3-1-4-9-18)14-15-23(21)26-25(28)22(24)17-19-10-5-2-6-11-19/h1-6,8-11,14-17H,12H2,(H,26,28)/b22-17-. The summed E-state index contributed by atoms with van der Waals surface area (Å²) in [7, 11) is 0. The van der Waals surface area contributed by atoms with Gasteiger partial charge in [-0.2, -0.15) is 0 Å². The van der Waals surface area contributed by atoms with E-state index >= 15 is 0 Å². The van der Waals surface area contributed by atoms with Crippen LogP contribution in [0.15, 0.2) is 84.4 Å². The van der Waals surface area contributed by atoms with Crippen molar-refractivity contribution in [3.63, 3.8) is 0 Å². The third-order valence-corrected chi connectivity index (χ3v) is 4.48. The molecule has 0 saturated heterocycles. The highest BCUT2D eigenvalue weighted by molar-refractivity contribution is 6.36. The first-order chi connectivity index (χ1) is 13.7. The number of nitrogens with one attached hydrogen (secondary N) is 1.